The summed E-state index contributed by atoms with van der Waals surface area (Å²) in [5.41, 5.74) is 1.55. The highest BCUT2D eigenvalue weighted by molar-refractivity contribution is 5.76. The van der Waals surface area contributed by atoms with E-state index in [0.717, 1.165) is 11.1 Å². The molecule has 2 aromatic rings. The molecule has 1 heterocycles. The summed E-state index contributed by atoms with van der Waals surface area (Å²) in [6, 6.07) is 11.2. The van der Waals surface area contributed by atoms with Crippen molar-refractivity contribution in [1.82, 2.24) is 4.98 Å². The highest BCUT2D eigenvalue weighted by atomic mass is 16.3. The molecule has 0 saturated heterocycles. The lowest BCUT2D eigenvalue weighted by Crippen LogP contribution is -2.26. The number of hydrogen-bond donors (Lipinski definition) is 1. The number of hydrogen-bond acceptors (Lipinski definition) is 2. The first kappa shape index (κ1) is 10.8. The third-order valence-electron chi connectivity index (χ3n) is 3.21. The Balaban J connectivity index is 2.40. The molecule has 1 aliphatic carbocycles. The summed E-state index contributed by atoms with van der Waals surface area (Å²) in [6.07, 6.45) is 11.1. The lowest BCUT2D eigenvalue weighted by atomic mass is 9.85. The lowest BCUT2D eigenvalue weighted by molar-refractivity contribution is 0.145. The van der Waals surface area contributed by atoms with Crippen molar-refractivity contribution in [1.29, 1.82) is 0 Å². The van der Waals surface area contributed by atoms with Crippen LogP contribution in [0.15, 0.2) is 42.6 Å². The van der Waals surface area contributed by atoms with Crippen LogP contribution in [0.1, 0.15) is 22.4 Å². The van der Waals surface area contributed by atoms with E-state index in [-0.39, 0.29) is 0 Å². The van der Waals surface area contributed by atoms with Crippen molar-refractivity contribution in [3.05, 3.63) is 65.0 Å². The second kappa shape index (κ2) is 3.83. The zero-order valence-electron chi connectivity index (χ0n) is 9.67. The molecule has 0 unspecified atom stereocenters. The van der Waals surface area contributed by atoms with Crippen molar-refractivity contribution in [2.45, 2.75) is 5.60 Å². The van der Waals surface area contributed by atoms with Gasteiger partial charge in [-0.15, -0.1) is 6.42 Å². The van der Waals surface area contributed by atoms with Crippen LogP contribution >= 0.6 is 0 Å². The van der Waals surface area contributed by atoms with E-state index in [4.69, 9.17) is 6.42 Å². The van der Waals surface area contributed by atoms with E-state index in [9.17, 15) is 5.11 Å². The summed E-state index contributed by atoms with van der Waals surface area (Å²) >= 11 is 0. The minimum absolute atomic E-state index is 0.647. The number of pyridine rings is 1. The van der Waals surface area contributed by atoms with E-state index < -0.39 is 5.60 Å². The number of benzene rings is 1. The van der Waals surface area contributed by atoms with Crippen LogP contribution in [-0.4, -0.2) is 10.1 Å². The lowest BCUT2D eigenvalue weighted by Gasteiger charge is -2.24. The first-order valence-corrected chi connectivity index (χ1v) is 5.69. The summed E-state index contributed by atoms with van der Waals surface area (Å²) in [4.78, 5) is 4.26. The Kier molecular flexibility index (Phi) is 2.29. The summed E-state index contributed by atoms with van der Waals surface area (Å²) in [6.45, 7) is 0. The van der Waals surface area contributed by atoms with Crippen LogP contribution in [0, 0.1) is 12.3 Å². The van der Waals surface area contributed by atoms with Crippen molar-refractivity contribution in [3.8, 4) is 12.3 Å². The molecule has 1 aromatic carbocycles. The van der Waals surface area contributed by atoms with Gasteiger partial charge in [0.05, 0.1) is 5.69 Å². The van der Waals surface area contributed by atoms with Gasteiger partial charge in [-0.2, -0.15) is 0 Å². The maximum absolute atomic E-state index is 10.8. The van der Waals surface area contributed by atoms with Gasteiger partial charge in [0.15, 0.2) is 5.60 Å². The van der Waals surface area contributed by atoms with Gasteiger partial charge in [-0.1, -0.05) is 42.3 Å². The van der Waals surface area contributed by atoms with E-state index in [0.29, 0.717) is 11.3 Å². The van der Waals surface area contributed by atoms with Gasteiger partial charge in [0, 0.05) is 17.3 Å². The van der Waals surface area contributed by atoms with Gasteiger partial charge < -0.3 is 5.11 Å². The molecule has 0 aliphatic heterocycles. The Bertz CT molecular complexity index is 630. The maximum Gasteiger partial charge on any atom is 0.179 e. The smallest absolute Gasteiger partial charge is 0.179 e. The van der Waals surface area contributed by atoms with Gasteiger partial charge in [0.2, 0.25) is 0 Å². The fourth-order valence-electron chi connectivity index (χ4n) is 2.30. The summed E-state index contributed by atoms with van der Waals surface area (Å²) in [5, 5.41) is 10.8. The van der Waals surface area contributed by atoms with E-state index in [1.54, 1.807) is 12.3 Å². The van der Waals surface area contributed by atoms with Gasteiger partial charge in [-0.05, 0) is 17.7 Å². The molecule has 0 bridgehead atoms. The second-order valence-corrected chi connectivity index (χ2v) is 4.21. The predicted molar refractivity (Wildman–Crippen MR) is 71.4 cm³/mol. The third-order valence-corrected chi connectivity index (χ3v) is 3.21. The summed E-state index contributed by atoms with van der Waals surface area (Å²) in [5.74, 6) is 2.51. The van der Waals surface area contributed by atoms with Crippen LogP contribution < -0.4 is 0 Å². The van der Waals surface area contributed by atoms with E-state index in [1.165, 1.54) is 0 Å². The van der Waals surface area contributed by atoms with Gasteiger partial charge in [0.1, 0.15) is 0 Å². The molecule has 0 radical (unpaired) electrons. The normalized spacial score (nSPS) is 20.4. The number of nitrogens with zero attached hydrogens (tertiary/aromatic N) is 1. The fourth-order valence-corrected chi connectivity index (χ4v) is 2.30. The molecule has 18 heavy (non-hydrogen) atoms. The highest BCUT2D eigenvalue weighted by Crippen LogP contribution is 2.36. The topological polar surface area (TPSA) is 33.1 Å². The van der Waals surface area contributed by atoms with Crippen LogP contribution in [0.4, 0.5) is 0 Å². The number of rotatable bonds is 0. The van der Waals surface area contributed by atoms with Crippen molar-refractivity contribution in [2.24, 2.45) is 0 Å². The van der Waals surface area contributed by atoms with E-state index >= 15 is 0 Å². The molecule has 1 N–H and O–H groups in total. The molecule has 0 spiro atoms. The first-order chi connectivity index (χ1) is 8.75. The van der Waals surface area contributed by atoms with Gasteiger partial charge in [-0.25, -0.2) is 0 Å². The highest BCUT2D eigenvalue weighted by Gasteiger charge is 2.34. The second-order valence-electron chi connectivity index (χ2n) is 4.21. The molecule has 1 aromatic heterocycles. The molecule has 1 atom stereocenters. The molecule has 2 nitrogen and oxygen atoms in total. The van der Waals surface area contributed by atoms with Crippen molar-refractivity contribution in [3.63, 3.8) is 0 Å². The standard InChI is InChI=1S/C16H11NO/c1-2-16(18)13-7-4-3-6-12(13)9-10-15-14(16)8-5-11-17-15/h1,3-11,18H/t16-/m0/s1. The monoisotopic (exact) mass is 233 g/mol. The van der Waals surface area contributed by atoms with Gasteiger partial charge >= 0.3 is 0 Å². The molecule has 86 valence electrons. The largest absolute Gasteiger partial charge is 0.369 e. The van der Waals surface area contributed by atoms with Crippen molar-refractivity contribution >= 4 is 12.2 Å². The molecule has 3 rings (SSSR count). The molecular formula is C16H11NO. The third kappa shape index (κ3) is 1.38. The maximum atomic E-state index is 10.8. The Labute approximate surface area is 106 Å². The van der Waals surface area contributed by atoms with E-state index in [2.05, 4.69) is 10.9 Å². The predicted octanol–water partition coefficient (Wildman–Crippen LogP) is 2.43. The molecule has 0 amide bonds. The molecule has 0 fully saturated rings. The van der Waals surface area contributed by atoms with Gasteiger partial charge in [0.25, 0.3) is 0 Å². The Morgan fingerprint density at radius 2 is 1.83 bits per heavy atom. The number of terminal acetylenes is 1. The Morgan fingerprint density at radius 3 is 2.67 bits per heavy atom. The van der Waals surface area contributed by atoms with Gasteiger partial charge in [-0.3, -0.25) is 4.98 Å². The molecule has 1 aliphatic rings. The quantitative estimate of drug-likeness (QED) is 0.709. The number of aliphatic hydroxyl groups is 1. The average Bonchev–Trinajstić information content (AvgIpc) is 2.56. The fraction of sp³-hybridized carbons (Fsp3) is 0.0625. The molecular weight excluding hydrogens is 222 g/mol. The SMILES string of the molecule is C#C[C@]1(O)c2ccccc2C=Cc2ncccc21. The summed E-state index contributed by atoms with van der Waals surface area (Å²) < 4.78 is 0. The Hall–Kier alpha value is -2.37. The van der Waals surface area contributed by atoms with E-state index in [1.807, 2.05) is 42.5 Å². The van der Waals surface area contributed by atoms with Crippen LogP contribution in [0.3, 0.4) is 0 Å². The molecule has 0 saturated carbocycles. The van der Waals surface area contributed by atoms with Crippen molar-refractivity contribution < 1.29 is 5.11 Å². The number of fused-ring (bicyclic) bond motifs is 2. The van der Waals surface area contributed by atoms with Crippen molar-refractivity contribution in [2.75, 3.05) is 0 Å². The zero-order chi connectivity index (χ0) is 12.6. The first-order valence-electron chi connectivity index (χ1n) is 5.69. The van der Waals surface area contributed by atoms with Crippen LogP contribution in [0.5, 0.6) is 0 Å². The van der Waals surface area contributed by atoms with Crippen LogP contribution in [-0.2, 0) is 5.60 Å². The summed E-state index contributed by atoms with van der Waals surface area (Å²) in [7, 11) is 0. The number of aromatic nitrogens is 1. The van der Waals surface area contributed by atoms with Crippen LogP contribution in [0.2, 0.25) is 0 Å². The Morgan fingerprint density at radius 1 is 1.06 bits per heavy atom. The average molecular weight is 233 g/mol. The minimum Gasteiger partial charge on any atom is -0.369 e. The minimum atomic E-state index is -1.43. The van der Waals surface area contributed by atoms with Crippen LogP contribution in [0.25, 0.3) is 12.2 Å². The molecule has 2 heteroatoms. The zero-order valence-corrected chi connectivity index (χ0v) is 9.67.